The smallest absolute Gasteiger partial charge is 0.188 e. The molecule has 0 aromatic heterocycles. The Morgan fingerprint density at radius 1 is 1.32 bits per heavy atom. The van der Waals surface area contributed by atoms with Crippen LogP contribution in [-0.2, 0) is 4.74 Å². The minimum absolute atomic E-state index is 0. The van der Waals surface area contributed by atoms with E-state index in [2.05, 4.69) is 15.2 Å². The summed E-state index contributed by atoms with van der Waals surface area (Å²) in [6.07, 6.45) is 4.78. The average molecular weight is 384 g/mol. The third kappa shape index (κ3) is 10.4. The van der Waals surface area contributed by atoms with Crippen LogP contribution in [0.25, 0.3) is 0 Å². The highest BCUT2D eigenvalue weighted by molar-refractivity contribution is 14.0. The molecule has 0 unspecified atom stereocenters. The summed E-state index contributed by atoms with van der Waals surface area (Å²) in [4.78, 5) is 6.77. The van der Waals surface area contributed by atoms with Gasteiger partial charge in [-0.15, -0.1) is 24.0 Å². The van der Waals surface area contributed by atoms with Gasteiger partial charge in [-0.2, -0.15) is 0 Å². The molecule has 1 heterocycles. The monoisotopic (exact) mass is 384 g/mol. The molecule has 0 aromatic rings. The van der Waals surface area contributed by atoms with Gasteiger partial charge in [0.15, 0.2) is 5.96 Å². The molecule has 1 aliphatic rings. The lowest BCUT2D eigenvalue weighted by molar-refractivity contribution is 0.146. The molecule has 1 fully saturated rings. The van der Waals surface area contributed by atoms with Crippen molar-refractivity contribution in [1.82, 2.24) is 10.2 Å². The van der Waals surface area contributed by atoms with E-state index in [1.807, 2.05) is 6.92 Å². The van der Waals surface area contributed by atoms with E-state index in [-0.39, 0.29) is 24.0 Å². The molecule has 0 spiro atoms. The van der Waals surface area contributed by atoms with Crippen LogP contribution in [0, 0.1) is 0 Å². The largest absolute Gasteiger partial charge is 0.382 e. The highest BCUT2D eigenvalue weighted by Crippen LogP contribution is 2.06. The molecule has 0 aromatic carbocycles. The molecule has 114 valence electrons. The topological polar surface area (TPSA) is 62.9 Å². The van der Waals surface area contributed by atoms with Gasteiger partial charge in [0.2, 0.25) is 0 Å². The summed E-state index contributed by atoms with van der Waals surface area (Å²) in [6, 6.07) is 0. The number of ether oxygens (including phenoxy) is 1. The number of nitrogens with one attached hydrogen (secondary N) is 1. The van der Waals surface area contributed by atoms with Crippen molar-refractivity contribution in [3.63, 3.8) is 0 Å². The molecule has 19 heavy (non-hydrogen) atoms. The number of likely N-dealkylation sites (tertiary alicyclic amines) is 1. The molecule has 3 N–H and O–H groups in total. The predicted molar refractivity (Wildman–Crippen MR) is 91.3 cm³/mol. The lowest BCUT2D eigenvalue weighted by Crippen LogP contribution is -2.34. The number of hydrogen-bond acceptors (Lipinski definition) is 3. The Balaban J connectivity index is 0.00000324. The fraction of sp³-hybridized carbons (Fsp3) is 0.923. The summed E-state index contributed by atoms with van der Waals surface area (Å²) >= 11 is 0. The van der Waals surface area contributed by atoms with Crippen molar-refractivity contribution in [2.24, 2.45) is 10.7 Å². The summed E-state index contributed by atoms with van der Waals surface area (Å²) < 4.78 is 5.23. The van der Waals surface area contributed by atoms with E-state index in [1.54, 1.807) is 0 Å². The first-order chi connectivity index (χ1) is 8.83. The van der Waals surface area contributed by atoms with Crippen LogP contribution in [0.3, 0.4) is 0 Å². The Labute approximate surface area is 134 Å². The molecular weight excluding hydrogens is 355 g/mol. The van der Waals surface area contributed by atoms with Crippen LogP contribution in [0.5, 0.6) is 0 Å². The fourth-order valence-corrected chi connectivity index (χ4v) is 2.09. The second-order valence-corrected chi connectivity index (χ2v) is 4.65. The molecule has 1 rings (SSSR count). The van der Waals surface area contributed by atoms with Gasteiger partial charge >= 0.3 is 0 Å². The third-order valence-electron chi connectivity index (χ3n) is 3.09. The fourth-order valence-electron chi connectivity index (χ4n) is 2.09. The van der Waals surface area contributed by atoms with Crippen molar-refractivity contribution >= 4 is 29.9 Å². The lowest BCUT2D eigenvalue weighted by atomic mass is 10.4. The molecule has 0 aliphatic carbocycles. The minimum atomic E-state index is 0. The first kappa shape index (κ1) is 18.9. The Kier molecular flexibility index (Phi) is 12.9. The van der Waals surface area contributed by atoms with Crippen LogP contribution in [0.1, 0.15) is 32.6 Å². The van der Waals surface area contributed by atoms with E-state index in [9.17, 15) is 0 Å². The zero-order chi connectivity index (χ0) is 13.1. The van der Waals surface area contributed by atoms with Crippen molar-refractivity contribution in [1.29, 1.82) is 0 Å². The molecular formula is C13H29IN4O. The van der Waals surface area contributed by atoms with Crippen LogP contribution in [0.4, 0.5) is 0 Å². The van der Waals surface area contributed by atoms with Crippen molar-refractivity contribution in [2.45, 2.75) is 32.6 Å². The van der Waals surface area contributed by atoms with E-state index in [0.29, 0.717) is 5.96 Å². The summed E-state index contributed by atoms with van der Waals surface area (Å²) in [5.74, 6) is 0.563. The van der Waals surface area contributed by atoms with E-state index in [0.717, 1.165) is 39.1 Å². The lowest BCUT2D eigenvalue weighted by Gasteiger charge is -2.14. The van der Waals surface area contributed by atoms with Crippen LogP contribution in [-0.4, -0.2) is 56.8 Å². The number of guanidine groups is 1. The van der Waals surface area contributed by atoms with Gasteiger partial charge in [0, 0.05) is 26.3 Å². The number of nitrogens with two attached hydrogens (primary N) is 1. The molecule has 0 bridgehead atoms. The van der Waals surface area contributed by atoms with Gasteiger partial charge in [-0.05, 0) is 52.2 Å². The van der Waals surface area contributed by atoms with E-state index >= 15 is 0 Å². The van der Waals surface area contributed by atoms with E-state index in [1.165, 1.54) is 32.5 Å². The third-order valence-corrected chi connectivity index (χ3v) is 3.09. The number of rotatable bonds is 9. The second-order valence-electron chi connectivity index (χ2n) is 4.65. The normalized spacial score (nSPS) is 16.4. The maximum absolute atomic E-state index is 5.77. The van der Waals surface area contributed by atoms with E-state index in [4.69, 9.17) is 10.5 Å². The van der Waals surface area contributed by atoms with Crippen LogP contribution in [0.2, 0.25) is 0 Å². The van der Waals surface area contributed by atoms with Gasteiger partial charge in [0.1, 0.15) is 0 Å². The van der Waals surface area contributed by atoms with Crippen LogP contribution in [0.15, 0.2) is 4.99 Å². The zero-order valence-corrected chi connectivity index (χ0v) is 14.4. The SMILES string of the molecule is CCOCCCN=C(N)NCCCN1CCCC1.I. The van der Waals surface area contributed by atoms with Gasteiger partial charge in [-0.25, -0.2) is 0 Å². The second kappa shape index (κ2) is 12.9. The molecule has 0 atom stereocenters. The molecule has 0 saturated carbocycles. The summed E-state index contributed by atoms with van der Waals surface area (Å²) in [6.45, 7) is 8.89. The van der Waals surface area contributed by atoms with Crippen molar-refractivity contribution in [3.05, 3.63) is 0 Å². The number of aliphatic imine (C=N–C) groups is 1. The highest BCUT2D eigenvalue weighted by atomic mass is 127. The quantitative estimate of drug-likeness (QED) is 0.273. The number of hydrogen-bond donors (Lipinski definition) is 2. The summed E-state index contributed by atoms with van der Waals surface area (Å²) in [7, 11) is 0. The Morgan fingerprint density at radius 2 is 2.05 bits per heavy atom. The maximum atomic E-state index is 5.77. The molecule has 1 aliphatic heterocycles. The van der Waals surface area contributed by atoms with Gasteiger partial charge < -0.3 is 20.7 Å². The molecule has 0 amide bonds. The number of halogens is 1. The van der Waals surface area contributed by atoms with Crippen LogP contribution < -0.4 is 11.1 Å². The van der Waals surface area contributed by atoms with Gasteiger partial charge in [-0.3, -0.25) is 4.99 Å². The zero-order valence-electron chi connectivity index (χ0n) is 12.1. The molecule has 0 radical (unpaired) electrons. The Morgan fingerprint density at radius 3 is 2.74 bits per heavy atom. The van der Waals surface area contributed by atoms with Crippen molar-refractivity contribution in [3.8, 4) is 0 Å². The van der Waals surface area contributed by atoms with Crippen molar-refractivity contribution in [2.75, 3.05) is 45.9 Å². The van der Waals surface area contributed by atoms with Gasteiger partial charge in [0.05, 0.1) is 0 Å². The Hall–Kier alpha value is -0.0800. The standard InChI is InChI=1S/C13H28N4O.HI/c1-2-18-12-6-8-16-13(14)15-7-5-11-17-9-3-4-10-17;/h2-12H2,1H3,(H3,14,15,16);1H. The maximum Gasteiger partial charge on any atom is 0.188 e. The summed E-state index contributed by atoms with van der Waals surface area (Å²) in [5, 5.41) is 3.16. The van der Waals surface area contributed by atoms with E-state index < -0.39 is 0 Å². The Bertz CT molecular complexity index is 233. The first-order valence-corrected chi connectivity index (χ1v) is 7.17. The minimum Gasteiger partial charge on any atom is -0.382 e. The first-order valence-electron chi connectivity index (χ1n) is 7.17. The highest BCUT2D eigenvalue weighted by Gasteiger charge is 2.09. The average Bonchev–Trinajstić information content (AvgIpc) is 2.87. The van der Waals surface area contributed by atoms with Crippen molar-refractivity contribution < 1.29 is 4.74 Å². The number of nitrogens with zero attached hydrogens (tertiary/aromatic N) is 2. The van der Waals surface area contributed by atoms with Gasteiger partial charge in [-0.1, -0.05) is 0 Å². The molecule has 1 saturated heterocycles. The predicted octanol–water partition coefficient (Wildman–Crippen LogP) is 1.42. The van der Waals surface area contributed by atoms with Crippen LogP contribution >= 0.6 is 24.0 Å². The molecule has 6 heteroatoms. The summed E-state index contributed by atoms with van der Waals surface area (Å²) in [5.41, 5.74) is 5.77. The van der Waals surface area contributed by atoms with Gasteiger partial charge in [0.25, 0.3) is 0 Å². The molecule has 5 nitrogen and oxygen atoms in total.